The molecule has 0 amide bonds. The Morgan fingerprint density at radius 2 is 1.90 bits per heavy atom. The molecule has 2 aliphatic rings. The van der Waals surface area contributed by atoms with E-state index in [0.717, 1.165) is 25.7 Å². The molecule has 0 unspecified atom stereocenters. The molecule has 116 valence electrons. The average Bonchev–Trinajstić information content (AvgIpc) is 3.26. The third-order valence-electron chi connectivity index (χ3n) is 4.37. The molecule has 1 saturated heterocycles. The van der Waals surface area contributed by atoms with E-state index in [1.807, 2.05) is 25.1 Å². The Morgan fingerprint density at radius 3 is 2.52 bits per heavy atom. The van der Waals surface area contributed by atoms with Crippen molar-refractivity contribution in [2.75, 3.05) is 13.2 Å². The number of hydrogen-bond donors (Lipinski definition) is 0. The fourth-order valence-electron chi connectivity index (χ4n) is 3.17. The second-order valence-corrected chi connectivity index (χ2v) is 8.06. The highest BCUT2D eigenvalue weighted by atomic mass is 32.2. The lowest BCUT2D eigenvalue weighted by molar-refractivity contribution is 0.0457. The highest BCUT2D eigenvalue weighted by Gasteiger charge is 2.47. The van der Waals surface area contributed by atoms with Crippen molar-refractivity contribution in [2.24, 2.45) is 0 Å². The fourth-order valence-corrected chi connectivity index (χ4v) is 5.23. The highest BCUT2D eigenvalue weighted by Crippen LogP contribution is 2.36. The van der Waals surface area contributed by atoms with Crippen molar-refractivity contribution in [3.63, 3.8) is 0 Å². The molecule has 5 heteroatoms. The van der Waals surface area contributed by atoms with Gasteiger partial charge in [0.05, 0.1) is 17.4 Å². The summed E-state index contributed by atoms with van der Waals surface area (Å²) < 4.78 is 32.8. The molecule has 1 aromatic rings. The van der Waals surface area contributed by atoms with Gasteiger partial charge in [-0.25, -0.2) is 8.42 Å². The summed E-state index contributed by atoms with van der Waals surface area (Å²) in [6, 6.07) is 10.0. The predicted octanol–water partition coefficient (Wildman–Crippen LogP) is 2.20. The Labute approximate surface area is 127 Å². The molecule has 0 aromatic heterocycles. The molecular weight excluding hydrogens is 286 g/mol. The number of hydrogen-bond acceptors (Lipinski definition) is 3. The van der Waals surface area contributed by atoms with E-state index in [-0.39, 0.29) is 17.4 Å². The summed E-state index contributed by atoms with van der Waals surface area (Å²) in [4.78, 5) is 0. The standard InChI is InChI=1S/C16H23NO3S/c1-2-20-16-10-11-17(21(18,19)14-8-9-14)15(16)12-13-6-4-3-5-7-13/h3-7,14-16H,2,8-12H2,1H3/t15-,16-/m1/s1. The van der Waals surface area contributed by atoms with Gasteiger partial charge in [0.25, 0.3) is 0 Å². The van der Waals surface area contributed by atoms with Crippen LogP contribution in [0.5, 0.6) is 0 Å². The van der Waals surface area contributed by atoms with Gasteiger partial charge < -0.3 is 4.74 Å². The van der Waals surface area contributed by atoms with Crippen molar-refractivity contribution >= 4 is 10.0 Å². The van der Waals surface area contributed by atoms with Gasteiger partial charge in [0.15, 0.2) is 0 Å². The number of ether oxygens (including phenoxy) is 1. The van der Waals surface area contributed by atoms with Crippen LogP contribution in [0.3, 0.4) is 0 Å². The highest BCUT2D eigenvalue weighted by molar-refractivity contribution is 7.90. The van der Waals surface area contributed by atoms with E-state index >= 15 is 0 Å². The van der Waals surface area contributed by atoms with Crippen LogP contribution in [0.4, 0.5) is 0 Å². The SMILES string of the molecule is CCO[C@@H]1CCN(S(=O)(=O)C2CC2)[C@@H]1Cc1ccccc1. The third kappa shape index (κ3) is 3.15. The molecule has 0 radical (unpaired) electrons. The largest absolute Gasteiger partial charge is 0.377 e. The molecule has 2 fully saturated rings. The lowest BCUT2D eigenvalue weighted by Gasteiger charge is -2.27. The maximum atomic E-state index is 12.6. The quantitative estimate of drug-likeness (QED) is 0.809. The number of benzene rings is 1. The van der Waals surface area contributed by atoms with E-state index in [1.54, 1.807) is 4.31 Å². The van der Waals surface area contributed by atoms with Gasteiger partial charge >= 0.3 is 0 Å². The molecule has 1 saturated carbocycles. The van der Waals surface area contributed by atoms with E-state index in [2.05, 4.69) is 12.1 Å². The second kappa shape index (κ2) is 6.07. The van der Waals surface area contributed by atoms with E-state index in [4.69, 9.17) is 4.74 Å². The number of rotatable bonds is 6. The zero-order valence-corrected chi connectivity index (χ0v) is 13.3. The van der Waals surface area contributed by atoms with Crippen LogP contribution < -0.4 is 0 Å². The van der Waals surface area contributed by atoms with Crippen molar-refractivity contribution < 1.29 is 13.2 Å². The third-order valence-corrected chi connectivity index (χ3v) is 6.79. The molecule has 21 heavy (non-hydrogen) atoms. The Morgan fingerprint density at radius 1 is 1.19 bits per heavy atom. The lowest BCUT2D eigenvalue weighted by atomic mass is 10.0. The molecule has 3 rings (SSSR count). The van der Waals surface area contributed by atoms with Crippen LogP contribution in [0.25, 0.3) is 0 Å². The van der Waals surface area contributed by atoms with Crippen LogP contribution in [0.15, 0.2) is 30.3 Å². The first kappa shape index (κ1) is 15.0. The van der Waals surface area contributed by atoms with Crippen molar-refractivity contribution in [3.8, 4) is 0 Å². The van der Waals surface area contributed by atoms with Gasteiger partial charge in [0.2, 0.25) is 10.0 Å². The summed E-state index contributed by atoms with van der Waals surface area (Å²) in [6.07, 6.45) is 3.19. The minimum atomic E-state index is -3.13. The van der Waals surface area contributed by atoms with Crippen molar-refractivity contribution in [2.45, 2.75) is 50.0 Å². The topological polar surface area (TPSA) is 46.6 Å². The fraction of sp³-hybridized carbons (Fsp3) is 0.625. The summed E-state index contributed by atoms with van der Waals surface area (Å²) in [5.74, 6) is 0. The van der Waals surface area contributed by atoms with E-state index < -0.39 is 10.0 Å². The molecular formula is C16H23NO3S. The second-order valence-electron chi connectivity index (χ2n) is 5.89. The smallest absolute Gasteiger partial charge is 0.217 e. The Hall–Kier alpha value is -0.910. The van der Waals surface area contributed by atoms with Crippen LogP contribution in [0.1, 0.15) is 31.7 Å². The Balaban J connectivity index is 1.82. The van der Waals surface area contributed by atoms with Crippen molar-refractivity contribution in [1.82, 2.24) is 4.31 Å². The van der Waals surface area contributed by atoms with Crippen LogP contribution in [-0.4, -0.2) is 43.3 Å². The zero-order valence-electron chi connectivity index (χ0n) is 12.4. The average molecular weight is 309 g/mol. The predicted molar refractivity (Wildman–Crippen MR) is 82.6 cm³/mol. The molecule has 0 bridgehead atoms. The Bertz CT molecular complexity index is 568. The molecule has 1 aliphatic heterocycles. The Kier molecular flexibility index (Phi) is 4.33. The van der Waals surface area contributed by atoms with Gasteiger partial charge in [-0.05, 0) is 38.2 Å². The normalized spacial score (nSPS) is 27.1. The molecule has 1 aromatic carbocycles. The maximum Gasteiger partial charge on any atom is 0.217 e. The summed E-state index contributed by atoms with van der Waals surface area (Å²) >= 11 is 0. The van der Waals surface area contributed by atoms with Gasteiger partial charge in [-0.15, -0.1) is 0 Å². The minimum absolute atomic E-state index is 0.0173. The first-order valence-electron chi connectivity index (χ1n) is 7.79. The van der Waals surface area contributed by atoms with E-state index in [9.17, 15) is 8.42 Å². The molecule has 4 nitrogen and oxygen atoms in total. The maximum absolute atomic E-state index is 12.6. The van der Waals surface area contributed by atoms with Crippen LogP contribution in [0, 0.1) is 0 Å². The van der Waals surface area contributed by atoms with Gasteiger partial charge in [0, 0.05) is 13.2 Å². The molecule has 1 aliphatic carbocycles. The lowest BCUT2D eigenvalue weighted by Crippen LogP contribution is -2.43. The van der Waals surface area contributed by atoms with E-state index in [0.29, 0.717) is 13.2 Å². The van der Waals surface area contributed by atoms with Crippen molar-refractivity contribution in [3.05, 3.63) is 35.9 Å². The van der Waals surface area contributed by atoms with E-state index in [1.165, 1.54) is 5.56 Å². The number of sulfonamides is 1. The van der Waals surface area contributed by atoms with Crippen LogP contribution in [-0.2, 0) is 21.2 Å². The molecule has 1 heterocycles. The summed E-state index contributed by atoms with van der Waals surface area (Å²) in [5.41, 5.74) is 1.17. The van der Waals surface area contributed by atoms with Gasteiger partial charge in [-0.1, -0.05) is 30.3 Å². The van der Waals surface area contributed by atoms with Crippen LogP contribution in [0.2, 0.25) is 0 Å². The number of nitrogens with zero attached hydrogens (tertiary/aromatic N) is 1. The van der Waals surface area contributed by atoms with Gasteiger partial charge in [-0.2, -0.15) is 4.31 Å². The molecule has 0 N–H and O–H groups in total. The zero-order chi connectivity index (χ0) is 14.9. The first-order valence-corrected chi connectivity index (χ1v) is 9.29. The van der Waals surface area contributed by atoms with Crippen molar-refractivity contribution in [1.29, 1.82) is 0 Å². The summed E-state index contributed by atoms with van der Waals surface area (Å²) in [5, 5.41) is -0.142. The summed E-state index contributed by atoms with van der Waals surface area (Å²) in [7, 11) is -3.13. The summed E-state index contributed by atoms with van der Waals surface area (Å²) in [6.45, 7) is 3.20. The molecule has 2 atom stereocenters. The van der Waals surface area contributed by atoms with Gasteiger partial charge in [0.1, 0.15) is 0 Å². The minimum Gasteiger partial charge on any atom is -0.377 e. The monoisotopic (exact) mass is 309 g/mol. The van der Waals surface area contributed by atoms with Gasteiger partial charge in [-0.3, -0.25) is 0 Å². The first-order chi connectivity index (χ1) is 10.1. The molecule has 0 spiro atoms. The van der Waals surface area contributed by atoms with Crippen LogP contribution >= 0.6 is 0 Å².